The fourth-order valence-electron chi connectivity index (χ4n) is 0.859. The molecule has 0 atom stereocenters. The summed E-state index contributed by atoms with van der Waals surface area (Å²) < 4.78 is 34.0. The summed E-state index contributed by atoms with van der Waals surface area (Å²) in [5.74, 6) is 0.603. The van der Waals surface area contributed by atoms with Gasteiger partial charge in [-0.05, 0) is 44.0 Å². The Morgan fingerprint density at radius 1 is 1.14 bits per heavy atom. The molecule has 0 N–H and O–H groups in total. The summed E-state index contributed by atoms with van der Waals surface area (Å²) in [6, 6.07) is 2.94. The zero-order valence-corrected chi connectivity index (χ0v) is 10.2. The van der Waals surface area contributed by atoms with Crippen molar-refractivity contribution < 1.29 is 18.3 Å². The molecule has 0 saturated carbocycles. The van der Waals surface area contributed by atoms with Crippen molar-refractivity contribution in [2.24, 2.45) is 0 Å². The highest BCUT2D eigenvalue weighted by molar-refractivity contribution is 9.13. The van der Waals surface area contributed by atoms with E-state index in [0.29, 0.717) is 14.7 Å². The Kier molecular flexibility index (Phi) is 4.12. The smallest absolute Gasteiger partial charge is 0.387 e. The van der Waals surface area contributed by atoms with Crippen LogP contribution in [0.5, 0.6) is 11.5 Å². The van der Waals surface area contributed by atoms with Crippen LogP contribution in [0.3, 0.4) is 0 Å². The van der Waals surface area contributed by atoms with Crippen molar-refractivity contribution in [2.75, 3.05) is 7.11 Å². The zero-order valence-electron chi connectivity index (χ0n) is 7.06. The molecule has 1 aromatic carbocycles. The van der Waals surface area contributed by atoms with E-state index in [9.17, 15) is 8.78 Å². The molecule has 0 bridgehead atoms. The normalized spacial score (nSPS) is 10.4. The van der Waals surface area contributed by atoms with E-state index in [1.807, 2.05) is 0 Å². The Hall–Kier alpha value is -0.360. The first-order valence-corrected chi connectivity index (χ1v) is 5.11. The van der Waals surface area contributed by atoms with Crippen LogP contribution in [0.1, 0.15) is 0 Å². The first kappa shape index (κ1) is 11.7. The van der Waals surface area contributed by atoms with Crippen LogP contribution < -0.4 is 9.47 Å². The summed E-state index contributed by atoms with van der Waals surface area (Å²) in [7, 11) is 1.49. The van der Waals surface area contributed by atoms with Gasteiger partial charge in [-0.3, -0.25) is 0 Å². The molecule has 0 fully saturated rings. The molecule has 2 nitrogen and oxygen atoms in total. The second-order valence-electron chi connectivity index (χ2n) is 2.27. The van der Waals surface area contributed by atoms with Gasteiger partial charge in [-0.15, -0.1) is 0 Å². The molecule has 1 aromatic rings. The Balaban J connectivity index is 3.04. The summed E-state index contributed by atoms with van der Waals surface area (Å²) in [6.45, 7) is -2.84. The fraction of sp³-hybridized carbons (Fsp3) is 0.250. The number of alkyl halides is 2. The van der Waals surface area contributed by atoms with E-state index in [-0.39, 0.29) is 5.75 Å². The summed E-state index contributed by atoms with van der Waals surface area (Å²) in [5, 5.41) is 0. The minimum absolute atomic E-state index is 0.0627. The number of rotatable bonds is 3. The Bertz CT molecular complexity index is 331. The molecule has 0 saturated heterocycles. The molecule has 0 aliphatic carbocycles. The molecule has 6 heteroatoms. The standard InChI is InChI=1S/C8H6Br2F2O2/c1-13-4-2-3-5(14-8(11)12)7(10)6(4)9/h2-3,8H,1H3. The van der Waals surface area contributed by atoms with E-state index in [4.69, 9.17) is 4.74 Å². The lowest BCUT2D eigenvalue weighted by atomic mass is 10.3. The molecule has 1 rings (SSSR count). The molecule has 0 aliphatic heterocycles. The van der Waals surface area contributed by atoms with Crippen LogP contribution in [0.4, 0.5) is 8.78 Å². The Labute approximate surface area is 96.5 Å². The molecule has 14 heavy (non-hydrogen) atoms. The predicted octanol–water partition coefficient (Wildman–Crippen LogP) is 3.82. The third-order valence-electron chi connectivity index (χ3n) is 1.45. The Morgan fingerprint density at radius 3 is 2.14 bits per heavy atom. The Morgan fingerprint density at radius 2 is 1.64 bits per heavy atom. The number of methoxy groups -OCH3 is 1. The van der Waals surface area contributed by atoms with E-state index < -0.39 is 6.61 Å². The van der Waals surface area contributed by atoms with E-state index in [1.165, 1.54) is 19.2 Å². The molecule has 0 aliphatic rings. The van der Waals surface area contributed by atoms with Gasteiger partial charge in [0.25, 0.3) is 0 Å². The van der Waals surface area contributed by atoms with Crippen LogP contribution in [-0.4, -0.2) is 13.7 Å². The lowest BCUT2D eigenvalue weighted by molar-refractivity contribution is -0.0504. The first-order chi connectivity index (χ1) is 6.56. The zero-order chi connectivity index (χ0) is 10.7. The maximum atomic E-state index is 11.9. The highest BCUT2D eigenvalue weighted by Crippen LogP contribution is 2.39. The first-order valence-electron chi connectivity index (χ1n) is 3.53. The van der Waals surface area contributed by atoms with Gasteiger partial charge in [-0.25, -0.2) is 0 Å². The van der Waals surface area contributed by atoms with Crippen LogP contribution in [0.25, 0.3) is 0 Å². The topological polar surface area (TPSA) is 18.5 Å². The van der Waals surface area contributed by atoms with Gasteiger partial charge in [0.1, 0.15) is 11.5 Å². The molecular weight excluding hydrogens is 326 g/mol. The van der Waals surface area contributed by atoms with E-state index in [0.717, 1.165) is 0 Å². The van der Waals surface area contributed by atoms with Crippen LogP contribution in [-0.2, 0) is 0 Å². The number of hydrogen-bond donors (Lipinski definition) is 0. The van der Waals surface area contributed by atoms with E-state index in [1.54, 1.807) is 0 Å². The van der Waals surface area contributed by atoms with Crippen molar-refractivity contribution in [2.45, 2.75) is 6.61 Å². The lowest BCUT2D eigenvalue weighted by Crippen LogP contribution is -2.02. The summed E-state index contributed by atoms with van der Waals surface area (Å²) in [5.41, 5.74) is 0. The minimum Gasteiger partial charge on any atom is -0.496 e. The predicted molar refractivity (Wildman–Crippen MR) is 55.0 cm³/mol. The van der Waals surface area contributed by atoms with Crippen molar-refractivity contribution in [1.29, 1.82) is 0 Å². The van der Waals surface area contributed by atoms with Gasteiger partial charge in [0.15, 0.2) is 0 Å². The lowest BCUT2D eigenvalue weighted by Gasteiger charge is -2.10. The summed E-state index contributed by atoms with van der Waals surface area (Å²) in [4.78, 5) is 0. The number of benzene rings is 1. The van der Waals surface area contributed by atoms with Crippen molar-refractivity contribution in [1.82, 2.24) is 0 Å². The van der Waals surface area contributed by atoms with E-state index >= 15 is 0 Å². The molecule has 0 radical (unpaired) electrons. The van der Waals surface area contributed by atoms with Gasteiger partial charge >= 0.3 is 6.61 Å². The van der Waals surface area contributed by atoms with Crippen molar-refractivity contribution in [3.63, 3.8) is 0 Å². The monoisotopic (exact) mass is 330 g/mol. The number of halogens is 4. The van der Waals surface area contributed by atoms with Crippen molar-refractivity contribution in [3.05, 3.63) is 21.1 Å². The second-order valence-corrected chi connectivity index (χ2v) is 3.86. The van der Waals surface area contributed by atoms with Gasteiger partial charge in [-0.2, -0.15) is 8.78 Å². The quantitative estimate of drug-likeness (QED) is 0.838. The van der Waals surface area contributed by atoms with Gasteiger partial charge < -0.3 is 9.47 Å². The average molecular weight is 332 g/mol. The van der Waals surface area contributed by atoms with Gasteiger partial charge in [0, 0.05) is 0 Å². The highest BCUT2D eigenvalue weighted by atomic mass is 79.9. The average Bonchev–Trinajstić information content (AvgIpc) is 2.13. The maximum absolute atomic E-state index is 11.9. The molecular formula is C8H6Br2F2O2. The summed E-state index contributed by atoms with van der Waals surface area (Å²) >= 11 is 6.30. The molecule has 0 unspecified atom stereocenters. The van der Waals surface area contributed by atoms with Crippen LogP contribution in [0.2, 0.25) is 0 Å². The van der Waals surface area contributed by atoms with Crippen molar-refractivity contribution >= 4 is 31.9 Å². The fourth-order valence-corrected chi connectivity index (χ4v) is 1.77. The maximum Gasteiger partial charge on any atom is 0.387 e. The molecule has 78 valence electrons. The number of ether oxygens (including phenoxy) is 2. The van der Waals surface area contributed by atoms with Gasteiger partial charge in [0.2, 0.25) is 0 Å². The summed E-state index contributed by atoms with van der Waals surface area (Å²) in [6.07, 6.45) is 0. The van der Waals surface area contributed by atoms with Gasteiger partial charge in [0.05, 0.1) is 16.1 Å². The second kappa shape index (κ2) is 4.93. The number of hydrogen-bond acceptors (Lipinski definition) is 2. The van der Waals surface area contributed by atoms with Crippen molar-refractivity contribution in [3.8, 4) is 11.5 Å². The SMILES string of the molecule is COc1ccc(OC(F)F)c(Br)c1Br. The third-order valence-corrected chi connectivity index (χ3v) is 3.55. The van der Waals surface area contributed by atoms with Crippen LogP contribution in [0.15, 0.2) is 21.1 Å². The molecule has 0 amide bonds. The van der Waals surface area contributed by atoms with E-state index in [2.05, 4.69) is 36.6 Å². The van der Waals surface area contributed by atoms with Crippen LogP contribution >= 0.6 is 31.9 Å². The molecule has 0 spiro atoms. The van der Waals surface area contributed by atoms with Gasteiger partial charge in [-0.1, -0.05) is 0 Å². The highest BCUT2D eigenvalue weighted by Gasteiger charge is 2.13. The largest absolute Gasteiger partial charge is 0.496 e. The minimum atomic E-state index is -2.84. The third kappa shape index (κ3) is 2.57. The molecule has 0 aromatic heterocycles. The molecule has 0 heterocycles. The van der Waals surface area contributed by atoms with Crippen LogP contribution in [0, 0.1) is 0 Å².